The summed E-state index contributed by atoms with van der Waals surface area (Å²) in [7, 11) is 3.14. The molecule has 0 aliphatic carbocycles. The Hall–Kier alpha value is 0.400. The zero-order valence-corrected chi connectivity index (χ0v) is 39.7. The molecule has 7 nitrogen and oxygen atoms in total. The molecule has 0 heterocycles. The summed E-state index contributed by atoms with van der Waals surface area (Å²) >= 11 is 16.7. The van der Waals surface area contributed by atoms with Gasteiger partial charge in [-0.15, -0.1) is 23.5 Å². The first-order valence-electron chi connectivity index (χ1n) is 20.0. The van der Waals surface area contributed by atoms with E-state index in [1.54, 1.807) is 51.6 Å². The summed E-state index contributed by atoms with van der Waals surface area (Å²) in [5, 5.41) is 17.0. The number of carboxylic acid groups (broad SMARTS) is 1. The lowest BCUT2D eigenvalue weighted by molar-refractivity contribution is -0.146. The first-order valence-corrected chi connectivity index (χ1v) is 24.4. The third-order valence-electron chi connectivity index (χ3n) is 7.94. The van der Waals surface area contributed by atoms with Crippen molar-refractivity contribution in [2.24, 2.45) is 0 Å². The number of carbonyl (C=O) groups excluding carboxylic acids is 1. The molecule has 13 heteroatoms. The molecule has 0 saturated heterocycles. The average Bonchev–Trinajstić information content (AvgIpc) is 3.10. The molecule has 0 bridgehead atoms. The van der Waals surface area contributed by atoms with E-state index in [0.717, 1.165) is 18.6 Å². The normalized spacial score (nSPS) is 11.3. The fourth-order valence-electron chi connectivity index (χ4n) is 4.53. The highest BCUT2D eigenvalue weighted by Gasteiger charge is 2.32. The number of rotatable bonds is 31. The number of aliphatic carboxylic acids is 1. The standard InChI is InChI=1S/C20H38O3S3.C17H32O2S3.C3H8O2/c1-5-6-7-8-9-10-11-12-13-14-17-25-19(24)26-20(2,3)18(21)23-16-15-22-4;1-4-5-6-7-8-9-10-11-12-13-14-21-16(20)22-17(2,3)15(18)19;1-5-3-2-4/h5-17H2,1-4H3;4-14H2,1-3H3,(H,18,19);4H,2-3H2,1H3. The predicted molar refractivity (Wildman–Crippen MR) is 247 cm³/mol. The Morgan fingerprint density at radius 1 is 0.547 bits per heavy atom. The van der Waals surface area contributed by atoms with Crippen LogP contribution in [0.5, 0.6) is 0 Å². The van der Waals surface area contributed by atoms with Gasteiger partial charge < -0.3 is 24.4 Å². The molecular weight excluding hydrogens is 785 g/mol. The van der Waals surface area contributed by atoms with Gasteiger partial charge in [-0.2, -0.15) is 0 Å². The summed E-state index contributed by atoms with van der Waals surface area (Å²) in [6, 6.07) is 0. The van der Waals surface area contributed by atoms with Crippen LogP contribution >= 0.6 is 71.5 Å². The molecule has 0 aromatic heterocycles. The first-order chi connectivity index (χ1) is 25.2. The number of aliphatic hydroxyl groups is 1. The van der Waals surface area contributed by atoms with Crippen LogP contribution in [0.1, 0.15) is 170 Å². The van der Waals surface area contributed by atoms with E-state index >= 15 is 0 Å². The van der Waals surface area contributed by atoms with Gasteiger partial charge in [0.25, 0.3) is 0 Å². The molecule has 0 atom stereocenters. The Bertz CT molecular complexity index is 873. The van der Waals surface area contributed by atoms with Crippen molar-refractivity contribution in [3.05, 3.63) is 0 Å². The Labute approximate surface area is 353 Å². The van der Waals surface area contributed by atoms with Gasteiger partial charge in [-0.05, 0) is 52.0 Å². The van der Waals surface area contributed by atoms with Gasteiger partial charge in [0.15, 0.2) is 0 Å². The zero-order chi connectivity index (χ0) is 40.6. The molecule has 0 aromatic carbocycles. The van der Waals surface area contributed by atoms with Crippen LogP contribution in [0.4, 0.5) is 0 Å². The van der Waals surface area contributed by atoms with Crippen LogP contribution in [0.15, 0.2) is 0 Å². The number of thiocarbonyl (C=S) groups is 2. The molecule has 0 amide bonds. The van der Waals surface area contributed by atoms with Crippen molar-refractivity contribution >= 4 is 90.5 Å². The minimum atomic E-state index is -0.818. The van der Waals surface area contributed by atoms with Gasteiger partial charge in [-0.1, -0.05) is 177 Å². The van der Waals surface area contributed by atoms with Gasteiger partial charge >= 0.3 is 11.9 Å². The van der Waals surface area contributed by atoms with Crippen LogP contribution in [0.2, 0.25) is 0 Å². The maximum atomic E-state index is 12.1. The zero-order valence-electron chi connectivity index (χ0n) is 34.8. The number of unbranched alkanes of at least 4 members (excludes halogenated alkanes) is 18. The molecule has 53 heavy (non-hydrogen) atoms. The van der Waals surface area contributed by atoms with Gasteiger partial charge in [-0.25, -0.2) is 0 Å². The fraction of sp³-hybridized carbons (Fsp3) is 0.900. The minimum Gasteiger partial charge on any atom is -0.480 e. The summed E-state index contributed by atoms with van der Waals surface area (Å²) in [5.41, 5.74) is 0. The molecule has 0 radical (unpaired) electrons. The SMILES string of the molecule is CCCCCCCCCCCCSC(=S)SC(C)(C)C(=O)O.CCCCCCCCCCCCSC(=S)SC(C)(C)C(=O)OCCOC.COCCO. The molecule has 2 N–H and O–H groups in total. The van der Waals surface area contributed by atoms with Crippen molar-refractivity contribution < 1.29 is 34.0 Å². The molecule has 0 fully saturated rings. The van der Waals surface area contributed by atoms with Crippen LogP contribution in [-0.4, -0.2) is 90.9 Å². The van der Waals surface area contributed by atoms with Crippen LogP contribution < -0.4 is 0 Å². The van der Waals surface area contributed by atoms with Crippen molar-refractivity contribution in [1.82, 2.24) is 0 Å². The number of carbonyl (C=O) groups is 2. The summed E-state index contributed by atoms with van der Waals surface area (Å²) in [5.74, 6) is 1.01. The Balaban J connectivity index is -0.000000843. The van der Waals surface area contributed by atoms with Gasteiger partial charge in [0.2, 0.25) is 0 Å². The van der Waals surface area contributed by atoms with Gasteiger partial charge in [0.1, 0.15) is 23.2 Å². The molecule has 0 aliphatic heterocycles. The Morgan fingerprint density at radius 2 is 0.887 bits per heavy atom. The lowest BCUT2D eigenvalue weighted by atomic mass is 10.1. The second-order valence-corrected chi connectivity index (χ2v) is 21.8. The monoisotopic (exact) mass is 862 g/mol. The summed E-state index contributed by atoms with van der Waals surface area (Å²) in [4.78, 5) is 23.1. The highest BCUT2D eigenvalue weighted by atomic mass is 32.2. The van der Waals surface area contributed by atoms with Crippen LogP contribution in [-0.2, 0) is 23.8 Å². The molecule has 316 valence electrons. The largest absolute Gasteiger partial charge is 0.480 e. The second-order valence-electron chi connectivity index (χ2n) is 13.9. The predicted octanol–water partition coefficient (Wildman–Crippen LogP) is 12.8. The first kappa shape index (κ1) is 57.7. The van der Waals surface area contributed by atoms with E-state index in [0.29, 0.717) is 13.2 Å². The van der Waals surface area contributed by atoms with E-state index in [4.69, 9.17) is 44.1 Å². The van der Waals surface area contributed by atoms with Crippen molar-refractivity contribution in [1.29, 1.82) is 0 Å². The summed E-state index contributed by atoms with van der Waals surface area (Å²) in [6.45, 7) is 12.9. The highest BCUT2D eigenvalue weighted by Crippen LogP contribution is 2.33. The smallest absolute Gasteiger partial charge is 0.322 e. The van der Waals surface area contributed by atoms with Gasteiger partial charge in [0, 0.05) is 14.2 Å². The number of hydrogen-bond donors (Lipinski definition) is 2. The van der Waals surface area contributed by atoms with E-state index in [-0.39, 0.29) is 19.2 Å². The van der Waals surface area contributed by atoms with E-state index in [2.05, 4.69) is 18.6 Å². The molecule has 0 saturated carbocycles. The third kappa shape index (κ3) is 43.4. The minimum absolute atomic E-state index is 0.122. The molecule has 0 unspecified atom stereocenters. The number of hydrogen-bond acceptors (Lipinski definition) is 12. The van der Waals surface area contributed by atoms with Gasteiger partial charge in [0.05, 0.1) is 19.8 Å². The molecule has 0 spiro atoms. The molecule has 0 aliphatic rings. The fourth-order valence-corrected chi connectivity index (χ4v) is 10.6. The Kier molecular flexibility index (Phi) is 45.8. The number of aliphatic hydroxyl groups excluding tert-OH is 1. The van der Waals surface area contributed by atoms with E-state index < -0.39 is 15.5 Å². The maximum absolute atomic E-state index is 12.1. The van der Waals surface area contributed by atoms with Crippen LogP contribution in [0.3, 0.4) is 0 Å². The van der Waals surface area contributed by atoms with E-state index in [9.17, 15) is 9.59 Å². The molecular formula is C40H78O7S6. The average molecular weight is 863 g/mol. The molecule has 0 aromatic rings. The molecule has 0 rings (SSSR count). The maximum Gasteiger partial charge on any atom is 0.322 e. The van der Waals surface area contributed by atoms with Crippen LogP contribution in [0.25, 0.3) is 0 Å². The lowest BCUT2D eigenvalue weighted by Gasteiger charge is -2.21. The Morgan fingerprint density at radius 3 is 1.19 bits per heavy atom. The second kappa shape index (κ2) is 42.0. The van der Waals surface area contributed by atoms with Crippen molar-refractivity contribution in [2.45, 2.75) is 179 Å². The topological polar surface area (TPSA) is 102 Å². The number of carboxylic acids is 1. The van der Waals surface area contributed by atoms with E-state index in [1.165, 1.54) is 152 Å². The van der Waals surface area contributed by atoms with E-state index in [1.807, 2.05) is 13.8 Å². The quantitative estimate of drug-likeness (QED) is 0.0393. The number of thioether (sulfide) groups is 4. The van der Waals surface area contributed by atoms with Crippen molar-refractivity contribution in [2.75, 3.05) is 52.2 Å². The van der Waals surface area contributed by atoms with Crippen molar-refractivity contribution in [3.8, 4) is 0 Å². The van der Waals surface area contributed by atoms with Crippen LogP contribution in [0, 0.1) is 0 Å². The highest BCUT2D eigenvalue weighted by molar-refractivity contribution is 8.48. The lowest BCUT2D eigenvalue weighted by Crippen LogP contribution is -2.31. The number of methoxy groups -OCH3 is 2. The summed E-state index contributed by atoms with van der Waals surface area (Å²) < 4.78 is 14.7. The number of esters is 1. The van der Waals surface area contributed by atoms with Gasteiger partial charge in [-0.3, -0.25) is 9.59 Å². The summed E-state index contributed by atoms with van der Waals surface area (Å²) in [6.07, 6.45) is 26.8. The third-order valence-corrected chi connectivity index (χ3v) is 13.5. The number of ether oxygens (including phenoxy) is 3. The van der Waals surface area contributed by atoms with Crippen molar-refractivity contribution in [3.63, 3.8) is 0 Å².